The van der Waals surface area contributed by atoms with Crippen molar-refractivity contribution in [3.8, 4) is 11.1 Å². The summed E-state index contributed by atoms with van der Waals surface area (Å²) in [7, 11) is -4.11. The monoisotopic (exact) mass is 401 g/mol. The molecule has 0 amide bonds. The molecule has 0 fully saturated rings. The fraction of sp³-hybridized carbons (Fsp3) is 0.0625. The van der Waals surface area contributed by atoms with Crippen molar-refractivity contribution in [1.29, 1.82) is 0 Å². The minimum atomic E-state index is -4.75. The van der Waals surface area contributed by atoms with Gasteiger partial charge < -0.3 is 0 Å². The SMILES string of the molecule is O=S(=O)(Nc1n[nH]c(C(F)(F)F)c1-c1ccc(Cl)cc1)c1ccccc1. The second-order valence-corrected chi connectivity index (χ2v) is 7.36. The Hall–Kier alpha value is -2.52. The summed E-state index contributed by atoms with van der Waals surface area (Å²) in [5.74, 6) is -0.455. The van der Waals surface area contributed by atoms with Crippen LogP contribution in [0.1, 0.15) is 5.69 Å². The van der Waals surface area contributed by atoms with Gasteiger partial charge in [-0.1, -0.05) is 41.9 Å². The fourth-order valence-electron chi connectivity index (χ4n) is 2.30. The van der Waals surface area contributed by atoms with Crippen LogP contribution in [0.4, 0.5) is 19.0 Å². The highest BCUT2D eigenvalue weighted by atomic mass is 35.5. The maximum Gasteiger partial charge on any atom is 0.433 e. The fourth-order valence-corrected chi connectivity index (χ4v) is 3.47. The Morgan fingerprint density at radius 1 is 1.00 bits per heavy atom. The van der Waals surface area contributed by atoms with Gasteiger partial charge in [0.25, 0.3) is 10.0 Å². The van der Waals surface area contributed by atoms with E-state index in [1.54, 1.807) is 6.07 Å². The van der Waals surface area contributed by atoms with E-state index in [0.29, 0.717) is 5.02 Å². The molecule has 0 aliphatic rings. The predicted octanol–water partition coefficient (Wildman–Crippen LogP) is 4.55. The van der Waals surface area contributed by atoms with Gasteiger partial charge >= 0.3 is 6.18 Å². The zero-order valence-electron chi connectivity index (χ0n) is 12.9. The van der Waals surface area contributed by atoms with E-state index in [-0.39, 0.29) is 10.5 Å². The number of benzene rings is 2. The normalized spacial score (nSPS) is 12.2. The molecule has 1 heterocycles. The molecule has 0 saturated carbocycles. The third-order valence-electron chi connectivity index (χ3n) is 3.47. The Labute approximate surface area is 151 Å². The van der Waals surface area contributed by atoms with Gasteiger partial charge in [-0.05, 0) is 29.8 Å². The lowest BCUT2D eigenvalue weighted by Gasteiger charge is -2.11. The minimum absolute atomic E-state index is 0.0985. The summed E-state index contributed by atoms with van der Waals surface area (Å²) in [5, 5.41) is 5.72. The Balaban J connectivity index is 2.11. The number of hydrogen-bond acceptors (Lipinski definition) is 3. The van der Waals surface area contributed by atoms with Crippen LogP contribution in [0.5, 0.6) is 0 Å². The lowest BCUT2D eigenvalue weighted by atomic mass is 10.1. The molecule has 10 heteroatoms. The summed E-state index contributed by atoms with van der Waals surface area (Å²) in [6.45, 7) is 0. The molecule has 0 spiro atoms. The molecule has 5 nitrogen and oxygen atoms in total. The summed E-state index contributed by atoms with van der Waals surface area (Å²) < 4.78 is 66.9. The van der Waals surface area contributed by atoms with Gasteiger partial charge in [0.15, 0.2) is 5.82 Å². The second kappa shape index (κ2) is 6.65. The number of nitrogens with one attached hydrogen (secondary N) is 2. The molecule has 0 aliphatic carbocycles. The number of anilines is 1. The number of aromatic nitrogens is 2. The number of nitrogens with zero attached hydrogens (tertiary/aromatic N) is 1. The number of hydrogen-bond donors (Lipinski definition) is 2. The number of alkyl halides is 3. The van der Waals surface area contributed by atoms with Crippen molar-refractivity contribution in [2.75, 3.05) is 4.72 Å². The van der Waals surface area contributed by atoms with Crippen molar-refractivity contribution >= 4 is 27.4 Å². The van der Waals surface area contributed by atoms with Crippen LogP contribution in [0, 0.1) is 0 Å². The first-order chi connectivity index (χ1) is 12.2. The summed E-state index contributed by atoms with van der Waals surface area (Å²) in [4.78, 5) is -0.0985. The van der Waals surface area contributed by atoms with E-state index in [9.17, 15) is 21.6 Å². The molecule has 0 atom stereocenters. The van der Waals surface area contributed by atoms with E-state index in [1.165, 1.54) is 48.5 Å². The molecule has 0 unspecified atom stereocenters. The topological polar surface area (TPSA) is 74.8 Å². The van der Waals surface area contributed by atoms with E-state index in [4.69, 9.17) is 11.6 Å². The number of aromatic amines is 1. The predicted molar refractivity (Wildman–Crippen MR) is 91.3 cm³/mol. The van der Waals surface area contributed by atoms with Gasteiger partial charge in [0.2, 0.25) is 0 Å². The molecule has 26 heavy (non-hydrogen) atoms. The lowest BCUT2D eigenvalue weighted by Crippen LogP contribution is -2.14. The van der Waals surface area contributed by atoms with Crippen LogP contribution < -0.4 is 4.72 Å². The van der Waals surface area contributed by atoms with E-state index in [2.05, 4.69) is 9.82 Å². The molecule has 136 valence electrons. The third kappa shape index (κ3) is 3.68. The van der Waals surface area contributed by atoms with Gasteiger partial charge in [0.05, 0.1) is 10.5 Å². The molecular weight excluding hydrogens is 391 g/mol. The van der Waals surface area contributed by atoms with Gasteiger partial charge in [-0.2, -0.15) is 18.3 Å². The van der Waals surface area contributed by atoms with Crippen LogP contribution in [0.15, 0.2) is 59.5 Å². The number of sulfonamides is 1. The van der Waals surface area contributed by atoms with Crippen LogP contribution >= 0.6 is 11.6 Å². The highest BCUT2D eigenvalue weighted by Gasteiger charge is 2.38. The maximum atomic E-state index is 13.3. The molecule has 0 radical (unpaired) electrons. The molecule has 0 saturated heterocycles. The molecule has 1 aromatic heterocycles. The lowest BCUT2D eigenvalue weighted by molar-refractivity contribution is -0.140. The van der Waals surface area contributed by atoms with Crippen LogP contribution in [0.2, 0.25) is 5.02 Å². The Morgan fingerprint density at radius 2 is 1.62 bits per heavy atom. The Kier molecular flexibility index (Phi) is 4.68. The minimum Gasteiger partial charge on any atom is -0.271 e. The van der Waals surface area contributed by atoms with Gasteiger partial charge in [-0.3, -0.25) is 9.82 Å². The molecule has 3 rings (SSSR count). The highest BCUT2D eigenvalue weighted by Crippen LogP contribution is 2.40. The number of rotatable bonds is 4. The van der Waals surface area contributed by atoms with E-state index < -0.39 is 33.3 Å². The summed E-state index contributed by atoms with van der Waals surface area (Å²) in [6, 6.07) is 12.8. The van der Waals surface area contributed by atoms with Crippen LogP contribution in [0.3, 0.4) is 0 Å². The van der Waals surface area contributed by atoms with Crippen molar-refractivity contribution < 1.29 is 21.6 Å². The average molecular weight is 402 g/mol. The van der Waals surface area contributed by atoms with Crippen molar-refractivity contribution in [2.45, 2.75) is 11.1 Å². The molecular formula is C16H11ClF3N3O2S. The van der Waals surface area contributed by atoms with Gasteiger partial charge in [-0.15, -0.1) is 0 Å². The van der Waals surface area contributed by atoms with E-state index >= 15 is 0 Å². The Morgan fingerprint density at radius 3 is 2.19 bits per heavy atom. The molecule has 3 aromatic rings. The Bertz CT molecular complexity index is 1020. The van der Waals surface area contributed by atoms with Crippen molar-refractivity contribution in [3.63, 3.8) is 0 Å². The standard InChI is InChI=1S/C16H11ClF3N3O2S/c17-11-8-6-10(7-9-11)13-14(16(18,19)20)21-22-15(13)23-26(24,25)12-4-2-1-3-5-12/h1-9H,(H2,21,22,23). The van der Waals surface area contributed by atoms with Crippen molar-refractivity contribution in [1.82, 2.24) is 10.2 Å². The first-order valence-electron chi connectivity index (χ1n) is 7.18. The first kappa shape index (κ1) is 18.3. The average Bonchev–Trinajstić information content (AvgIpc) is 2.99. The highest BCUT2D eigenvalue weighted by molar-refractivity contribution is 7.92. The van der Waals surface area contributed by atoms with Gasteiger partial charge in [-0.25, -0.2) is 8.42 Å². The van der Waals surface area contributed by atoms with Crippen molar-refractivity contribution in [3.05, 3.63) is 65.3 Å². The molecule has 0 aliphatic heterocycles. The van der Waals surface area contributed by atoms with Gasteiger partial charge in [0.1, 0.15) is 5.69 Å². The maximum absolute atomic E-state index is 13.3. The smallest absolute Gasteiger partial charge is 0.271 e. The zero-order valence-corrected chi connectivity index (χ0v) is 14.5. The van der Waals surface area contributed by atoms with E-state index in [1.807, 2.05) is 5.10 Å². The first-order valence-corrected chi connectivity index (χ1v) is 9.04. The third-order valence-corrected chi connectivity index (χ3v) is 5.07. The second-order valence-electron chi connectivity index (χ2n) is 5.25. The quantitative estimate of drug-likeness (QED) is 0.673. The van der Waals surface area contributed by atoms with Gasteiger partial charge in [0, 0.05) is 5.02 Å². The van der Waals surface area contributed by atoms with Crippen LogP contribution in [-0.4, -0.2) is 18.6 Å². The van der Waals surface area contributed by atoms with Crippen molar-refractivity contribution in [2.24, 2.45) is 0 Å². The number of halogens is 4. The molecule has 2 aromatic carbocycles. The van der Waals surface area contributed by atoms with E-state index in [0.717, 1.165) is 0 Å². The summed E-state index contributed by atoms with van der Waals surface area (Å²) in [6.07, 6.45) is -4.75. The number of H-pyrrole nitrogens is 1. The molecule has 0 bridgehead atoms. The summed E-state index contributed by atoms with van der Waals surface area (Å²) in [5.41, 5.74) is -1.46. The molecule has 2 N–H and O–H groups in total. The summed E-state index contributed by atoms with van der Waals surface area (Å²) >= 11 is 5.77. The van der Waals surface area contributed by atoms with Crippen LogP contribution in [-0.2, 0) is 16.2 Å². The van der Waals surface area contributed by atoms with Crippen LogP contribution in [0.25, 0.3) is 11.1 Å². The largest absolute Gasteiger partial charge is 0.433 e. The zero-order chi connectivity index (χ0) is 18.9.